The number of carbonyl (C=O) groups excluding carboxylic acids is 1. The highest BCUT2D eigenvalue weighted by atomic mass is 16.5. The van der Waals surface area contributed by atoms with E-state index in [0.29, 0.717) is 12.8 Å². The molecule has 0 aromatic heterocycles. The summed E-state index contributed by atoms with van der Waals surface area (Å²) in [5.74, 6) is -0.778. The summed E-state index contributed by atoms with van der Waals surface area (Å²) in [5.41, 5.74) is 0. The van der Waals surface area contributed by atoms with Gasteiger partial charge in [0.1, 0.15) is 0 Å². The molecule has 0 rings (SSSR count). The Bertz CT molecular complexity index is 264. The summed E-state index contributed by atoms with van der Waals surface area (Å²) in [5, 5.41) is 8.51. The van der Waals surface area contributed by atoms with Crippen molar-refractivity contribution in [3.8, 4) is 0 Å². The van der Waals surface area contributed by atoms with Crippen LogP contribution >= 0.6 is 0 Å². The van der Waals surface area contributed by atoms with Gasteiger partial charge in [-0.1, -0.05) is 64.2 Å². The molecule has 0 bridgehead atoms. The number of carboxylic acids is 1. The molecule has 0 heterocycles. The summed E-state index contributed by atoms with van der Waals surface area (Å²) >= 11 is 0. The van der Waals surface area contributed by atoms with Gasteiger partial charge in [-0.15, -0.1) is 0 Å². The van der Waals surface area contributed by atoms with Crippen molar-refractivity contribution in [2.45, 2.75) is 89.9 Å². The monoisotopic (exact) mass is 300 g/mol. The lowest BCUT2D eigenvalue weighted by Crippen LogP contribution is -1.99. The maximum absolute atomic E-state index is 10.9. The Hall–Kier alpha value is -1.06. The smallest absolute Gasteiger partial charge is 0.305 e. The van der Waals surface area contributed by atoms with Gasteiger partial charge in [0.05, 0.1) is 7.11 Å². The Morgan fingerprint density at radius 3 is 1.33 bits per heavy atom. The van der Waals surface area contributed by atoms with Crippen LogP contribution in [0.15, 0.2) is 0 Å². The molecule has 21 heavy (non-hydrogen) atoms. The van der Waals surface area contributed by atoms with Gasteiger partial charge in [-0.2, -0.15) is 0 Å². The molecule has 1 N–H and O–H groups in total. The third kappa shape index (κ3) is 16.9. The number of aliphatic carboxylic acids is 1. The van der Waals surface area contributed by atoms with Gasteiger partial charge >= 0.3 is 11.9 Å². The minimum absolute atomic E-state index is 0.0987. The van der Waals surface area contributed by atoms with Crippen LogP contribution in [0.1, 0.15) is 89.9 Å². The minimum atomic E-state index is -0.679. The van der Waals surface area contributed by atoms with Crippen LogP contribution in [0, 0.1) is 0 Å². The SMILES string of the molecule is COC(=O)CCCCCCCCCCCCCCC(=O)O. The van der Waals surface area contributed by atoms with Gasteiger partial charge in [0.15, 0.2) is 0 Å². The maximum Gasteiger partial charge on any atom is 0.305 e. The highest BCUT2D eigenvalue weighted by Gasteiger charge is 1.99. The van der Waals surface area contributed by atoms with E-state index in [4.69, 9.17) is 5.11 Å². The number of esters is 1. The fraction of sp³-hybridized carbons (Fsp3) is 0.882. The Morgan fingerprint density at radius 1 is 0.667 bits per heavy atom. The second-order valence-electron chi connectivity index (χ2n) is 5.71. The lowest BCUT2D eigenvalue weighted by atomic mass is 10.0. The van der Waals surface area contributed by atoms with Gasteiger partial charge < -0.3 is 9.84 Å². The van der Waals surface area contributed by atoms with E-state index >= 15 is 0 Å². The molecule has 4 heteroatoms. The van der Waals surface area contributed by atoms with Crippen molar-refractivity contribution < 1.29 is 19.4 Å². The van der Waals surface area contributed by atoms with E-state index in [2.05, 4.69) is 4.74 Å². The Kier molecular flexibility index (Phi) is 14.6. The standard InChI is InChI=1S/C17H32O4/c1-21-17(20)15-13-11-9-7-5-3-2-4-6-8-10-12-14-16(18)19/h2-15H2,1H3,(H,18,19). The van der Waals surface area contributed by atoms with Gasteiger partial charge in [-0.05, 0) is 12.8 Å². The van der Waals surface area contributed by atoms with E-state index in [9.17, 15) is 9.59 Å². The summed E-state index contributed by atoms with van der Waals surface area (Å²) in [6, 6.07) is 0. The molecule has 4 nitrogen and oxygen atoms in total. The van der Waals surface area contributed by atoms with Gasteiger partial charge in [0.2, 0.25) is 0 Å². The van der Waals surface area contributed by atoms with E-state index in [1.165, 1.54) is 58.5 Å². The zero-order valence-electron chi connectivity index (χ0n) is 13.6. The van der Waals surface area contributed by atoms with Crippen LogP contribution in [-0.4, -0.2) is 24.2 Å². The number of carbonyl (C=O) groups is 2. The van der Waals surface area contributed by atoms with Crippen molar-refractivity contribution in [2.75, 3.05) is 7.11 Å². The molecule has 0 atom stereocenters. The number of rotatable bonds is 15. The largest absolute Gasteiger partial charge is 0.481 e. The predicted octanol–water partition coefficient (Wildman–Crippen LogP) is 4.71. The van der Waals surface area contributed by atoms with Crippen LogP contribution in [0.5, 0.6) is 0 Å². The first-order valence-corrected chi connectivity index (χ1v) is 8.45. The molecule has 0 aliphatic heterocycles. The number of unbranched alkanes of at least 4 members (excludes halogenated alkanes) is 11. The van der Waals surface area contributed by atoms with E-state index in [-0.39, 0.29) is 5.97 Å². The second-order valence-corrected chi connectivity index (χ2v) is 5.71. The number of carboxylic acid groups (broad SMARTS) is 1. The fourth-order valence-electron chi connectivity index (χ4n) is 2.42. The number of ether oxygens (including phenoxy) is 1. The Morgan fingerprint density at radius 2 is 1.00 bits per heavy atom. The first-order valence-electron chi connectivity index (χ1n) is 8.45. The maximum atomic E-state index is 10.9. The molecular weight excluding hydrogens is 268 g/mol. The minimum Gasteiger partial charge on any atom is -0.481 e. The van der Waals surface area contributed by atoms with Crippen LogP contribution in [0.25, 0.3) is 0 Å². The van der Waals surface area contributed by atoms with Crippen LogP contribution in [0.2, 0.25) is 0 Å². The summed E-state index contributed by atoms with van der Waals surface area (Å²) in [6.45, 7) is 0. The molecule has 0 spiro atoms. The molecule has 0 amide bonds. The Labute approximate surface area is 129 Å². The van der Waals surface area contributed by atoms with Crippen molar-refractivity contribution in [2.24, 2.45) is 0 Å². The van der Waals surface area contributed by atoms with Crippen molar-refractivity contribution >= 4 is 11.9 Å². The van der Waals surface area contributed by atoms with Crippen molar-refractivity contribution in [1.82, 2.24) is 0 Å². The van der Waals surface area contributed by atoms with Crippen LogP contribution in [0.4, 0.5) is 0 Å². The van der Waals surface area contributed by atoms with E-state index in [0.717, 1.165) is 25.7 Å². The fourth-order valence-corrected chi connectivity index (χ4v) is 2.42. The number of methoxy groups -OCH3 is 1. The normalized spacial score (nSPS) is 10.5. The number of hydrogen-bond acceptors (Lipinski definition) is 3. The molecule has 0 aliphatic carbocycles. The van der Waals surface area contributed by atoms with Crippen molar-refractivity contribution in [3.63, 3.8) is 0 Å². The molecule has 0 saturated carbocycles. The second kappa shape index (κ2) is 15.3. The Balaban J connectivity index is 3.02. The highest BCUT2D eigenvalue weighted by molar-refractivity contribution is 5.68. The van der Waals surface area contributed by atoms with Gasteiger partial charge in [-0.25, -0.2) is 0 Å². The zero-order chi connectivity index (χ0) is 15.8. The van der Waals surface area contributed by atoms with E-state index in [1.54, 1.807) is 0 Å². The average Bonchev–Trinajstić information content (AvgIpc) is 2.46. The van der Waals surface area contributed by atoms with Gasteiger partial charge in [0.25, 0.3) is 0 Å². The van der Waals surface area contributed by atoms with Crippen molar-refractivity contribution in [3.05, 3.63) is 0 Å². The zero-order valence-corrected chi connectivity index (χ0v) is 13.6. The highest BCUT2D eigenvalue weighted by Crippen LogP contribution is 2.13. The number of hydrogen-bond donors (Lipinski definition) is 1. The lowest BCUT2D eigenvalue weighted by Gasteiger charge is -2.03. The summed E-state index contributed by atoms with van der Waals surface area (Å²) < 4.78 is 4.60. The molecule has 0 unspecified atom stereocenters. The van der Waals surface area contributed by atoms with E-state index in [1.807, 2.05) is 0 Å². The average molecular weight is 300 g/mol. The molecule has 0 aliphatic rings. The third-order valence-corrected chi connectivity index (χ3v) is 3.75. The first-order chi connectivity index (χ1) is 10.2. The van der Waals surface area contributed by atoms with Crippen LogP contribution < -0.4 is 0 Å². The predicted molar refractivity (Wildman–Crippen MR) is 84.3 cm³/mol. The van der Waals surface area contributed by atoms with Crippen LogP contribution in [0.3, 0.4) is 0 Å². The molecule has 0 aromatic carbocycles. The molecular formula is C17H32O4. The first kappa shape index (κ1) is 19.9. The summed E-state index contributed by atoms with van der Waals surface area (Å²) in [6.07, 6.45) is 14.8. The lowest BCUT2D eigenvalue weighted by molar-refractivity contribution is -0.141. The van der Waals surface area contributed by atoms with Crippen LogP contribution in [-0.2, 0) is 14.3 Å². The third-order valence-electron chi connectivity index (χ3n) is 3.75. The van der Waals surface area contributed by atoms with Gasteiger partial charge in [0, 0.05) is 12.8 Å². The van der Waals surface area contributed by atoms with E-state index < -0.39 is 5.97 Å². The molecule has 0 aromatic rings. The molecule has 0 radical (unpaired) electrons. The van der Waals surface area contributed by atoms with Gasteiger partial charge in [-0.3, -0.25) is 9.59 Å². The van der Waals surface area contributed by atoms with Crippen molar-refractivity contribution in [1.29, 1.82) is 0 Å². The topological polar surface area (TPSA) is 63.6 Å². The quantitative estimate of drug-likeness (QED) is 0.351. The molecule has 0 saturated heterocycles. The molecule has 124 valence electrons. The summed E-state index contributed by atoms with van der Waals surface area (Å²) in [4.78, 5) is 21.2. The summed E-state index contributed by atoms with van der Waals surface area (Å²) in [7, 11) is 1.44. The molecule has 0 fully saturated rings.